The highest BCUT2D eigenvalue weighted by molar-refractivity contribution is 6.22. The van der Waals surface area contributed by atoms with Crippen LogP contribution >= 0.6 is 0 Å². The topological polar surface area (TPSA) is 16.4 Å². The monoisotopic (exact) mass is 701 g/mol. The Morgan fingerprint density at radius 2 is 0.982 bits per heavy atom. The lowest BCUT2D eigenvalue weighted by Crippen LogP contribution is -2.28. The molecule has 1 aliphatic rings. The highest BCUT2D eigenvalue weighted by atomic mass is 16.3. The van der Waals surface area contributed by atoms with Crippen molar-refractivity contribution in [1.29, 1.82) is 0 Å². The van der Waals surface area contributed by atoms with Gasteiger partial charge in [-0.25, -0.2) is 0 Å². The molecule has 0 saturated carbocycles. The Balaban J connectivity index is 1.15. The van der Waals surface area contributed by atoms with Crippen LogP contribution in [-0.4, -0.2) is 0 Å². The second kappa shape index (κ2) is 12.5. The van der Waals surface area contributed by atoms with Crippen molar-refractivity contribution < 1.29 is 4.42 Å². The lowest BCUT2D eigenvalue weighted by molar-refractivity contribution is 0.669. The third-order valence-electron chi connectivity index (χ3n) is 11.5. The standard InChI is InChI=1S/C53H35NO/c1-4-18-38(19-5-1)53(39-20-6-2-7-21-39)47-28-12-10-25-44(47)45-32-31-42(35-48(45)53)54(40-22-8-3-9-23-40)41-24-14-17-37(34-41)43-27-15-16-36-30-33-50-52(51(36)43)46-26-11-13-29-49(46)55-50/h1-35H. The summed E-state index contributed by atoms with van der Waals surface area (Å²) in [5, 5.41) is 4.69. The molecule has 0 saturated heterocycles. The van der Waals surface area contributed by atoms with Crippen molar-refractivity contribution in [1.82, 2.24) is 0 Å². The average molecular weight is 702 g/mol. The van der Waals surface area contributed by atoms with Gasteiger partial charge in [0.1, 0.15) is 11.2 Å². The maximum absolute atomic E-state index is 6.36. The summed E-state index contributed by atoms with van der Waals surface area (Å²) in [6.07, 6.45) is 0. The molecule has 258 valence electrons. The van der Waals surface area contributed by atoms with Crippen molar-refractivity contribution in [2.24, 2.45) is 0 Å². The Labute approximate surface area is 320 Å². The lowest BCUT2D eigenvalue weighted by Gasteiger charge is -2.35. The van der Waals surface area contributed by atoms with E-state index < -0.39 is 5.41 Å². The first kappa shape index (κ1) is 31.4. The smallest absolute Gasteiger partial charge is 0.136 e. The van der Waals surface area contributed by atoms with Crippen LogP contribution in [0.25, 0.3) is 55.0 Å². The highest BCUT2D eigenvalue weighted by Crippen LogP contribution is 2.57. The molecule has 11 rings (SSSR count). The van der Waals surface area contributed by atoms with Gasteiger partial charge in [0.25, 0.3) is 0 Å². The molecule has 9 aromatic carbocycles. The van der Waals surface area contributed by atoms with Crippen molar-refractivity contribution in [2.45, 2.75) is 5.41 Å². The summed E-state index contributed by atoms with van der Waals surface area (Å²) in [6.45, 7) is 0. The van der Waals surface area contributed by atoms with E-state index in [-0.39, 0.29) is 0 Å². The van der Waals surface area contributed by atoms with E-state index in [2.05, 4.69) is 211 Å². The predicted molar refractivity (Wildman–Crippen MR) is 229 cm³/mol. The first-order valence-corrected chi connectivity index (χ1v) is 18.9. The summed E-state index contributed by atoms with van der Waals surface area (Å²) in [6, 6.07) is 77.0. The van der Waals surface area contributed by atoms with Gasteiger partial charge in [-0.15, -0.1) is 0 Å². The maximum Gasteiger partial charge on any atom is 0.136 e. The number of benzene rings is 9. The Hall–Kier alpha value is -7.16. The van der Waals surface area contributed by atoms with Gasteiger partial charge in [0, 0.05) is 33.2 Å². The number of rotatable bonds is 6. The Kier molecular flexibility index (Phi) is 7.11. The zero-order valence-electron chi connectivity index (χ0n) is 30.1. The van der Waals surface area contributed by atoms with Crippen LogP contribution in [0.2, 0.25) is 0 Å². The lowest BCUT2D eigenvalue weighted by atomic mass is 9.67. The fourth-order valence-corrected chi connectivity index (χ4v) is 9.24. The third kappa shape index (κ3) is 4.75. The second-order valence-electron chi connectivity index (χ2n) is 14.4. The molecule has 0 radical (unpaired) electrons. The summed E-state index contributed by atoms with van der Waals surface area (Å²) < 4.78 is 6.36. The molecule has 0 spiro atoms. The largest absolute Gasteiger partial charge is 0.456 e. The minimum Gasteiger partial charge on any atom is -0.456 e. The Morgan fingerprint density at radius 3 is 1.78 bits per heavy atom. The third-order valence-corrected chi connectivity index (χ3v) is 11.5. The number of anilines is 3. The zero-order valence-corrected chi connectivity index (χ0v) is 30.1. The van der Waals surface area contributed by atoms with Crippen molar-refractivity contribution in [3.63, 3.8) is 0 Å². The van der Waals surface area contributed by atoms with Crippen molar-refractivity contribution in [2.75, 3.05) is 4.90 Å². The molecule has 2 heteroatoms. The molecule has 0 fully saturated rings. The van der Waals surface area contributed by atoms with Crippen LogP contribution in [0.1, 0.15) is 22.3 Å². The van der Waals surface area contributed by atoms with Gasteiger partial charge in [-0.2, -0.15) is 0 Å². The molecule has 1 aromatic heterocycles. The van der Waals surface area contributed by atoms with E-state index in [9.17, 15) is 0 Å². The fourth-order valence-electron chi connectivity index (χ4n) is 9.24. The van der Waals surface area contributed by atoms with Crippen LogP contribution in [0.5, 0.6) is 0 Å². The number of fused-ring (bicyclic) bond motifs is 8. The van der Waals surface area contributed by atoms with Crippen molar-refractivity contribution in [3.05, 3.63) is 235 Å². The van der Waals surface area contributed by atoms with Crippen molar-refractivity contribution in [3.8, 4) is 22.3 Å². The Morgan fingerprint density at radius 1 is 0.364 bits per heavy atom. The second-order valence-corrected chi connectivity index (χ2v) is 14.4. The van der Waals surface area contributed by atoms with Gasteiger partial charge in [-0.3, -0.25) is 0 Å². The number of furan rings is 1. The van der Waals surface area contributed by atoms with Gasteiger partial charge in [-0.1, -0.05) is 164 Å². The van der Waals surface area contributed by atoms with Crippen LogP contribution < -0.4 is 4.90 Å². The molecule has 10 aromatic rings. The van der Waals surface area contributed by atoms with Gasteiger partial charge >= 0.3 is 0 Å². The van der Waals surface area contributed by atoms with Gasteiger partial charge in [0.05, 0.1) is 5.41 Å². The summed E-state index contributed by atoms with van der Waals surface area (Å²) in [5.41, 5.74) is 14.6. The zero-order chi connectivity index (χ0) is 36.3. The number of nitrogens with zero attached hydrogens (tertiary/aromatic N) is 1. The first-order chi connectivity index (χ1) is 27.3. The molecule has 1 aliphatic carbocycles. The molecule has 0 unspecified atom stereocenters. The van der Waals surface area contributed by atoms with E-state index >= 15 is 0 Å². The SMILES string of the molecule is c1ccc(N(c2cccc(-c3cccc4ccc5oc6ccccc6c5c34)c2)c2ccc3c(c2)C(c2ccccc2)(c2ccccc2)c2ccccc2-3)cc1. The molecule has 0 amide bonds. The number of hydrogen-bond donors (Lipinski definition) is 0. The summed E-state index contributed by atoms with van der Waals surface area (Å²) >= 11 is 0. The van der Waals surface area contributed by atoms with E-state index in [4.69, 9.17) is 4.42 Å². The molecular formula is C53H35NO. The fraction of sp³-hybridized carbons (Fsp3) is 0.0189. The normalized spacial score (nSPS) is 12.9. The van der Waals surface area contributed by atoms with Crippen LogP contribution in [0.15, 0.2) is 217 Å². The average Bonchev–Trinajstić information content (AvgIpc) is 3.79. The van der Waals surface area contributed by atoms with Gasteiger partial charge in [0.2, 0.25) is 0 Å². The van der Waals surface area contributed by atoms with E-state index in [1.165, 1.54) is 49.7 Å². The van der Waals surface area contributed by atoms with Crippen LogP contribution in [0, 0.1) is 0 Å². The number of para-hydroxylation sites is 2. The molecule has 0 N–H and O–H groups in total. The predicted octanol–water partition coefficient (Wildman–Crippen LogP) is 14.2. The molecular weight excluding hydrogens is 667 g/mol. The van der Waals surface area contributed by atoms with Gasteiger partial charge in [0.15, 0.2) is 0 Å². The summed E-state index contributed by atoms with van der Waals surface area (Å²) in [5.74, 6) is 0. The molecule has 55 heavy (non-hydrogen) atoms. The minimum absolute atomic E-state index is 0.490. The molecule has 2 nitrogen and oxygen atoms in total. The van der Waals surface area contributed by atoms with Crippen LogP contribution in [-0.2, 0) is 5.41 Å². The summed E-state index contributed by atoms with van der Waals surface area (Å²) in [7, 11) is 0. The quantitative estimate of drug-likeness (QED) is 0.172. The van der Waals surface area contributed by atoms with Gasteiger partial charge in [-0.05, 0) is 98.4 Å². The Bertz CT molecular complexity index is 3000. The van der Waals surface area contributed by atoms with Gasteiger partial charge < -0.3 is 9.32 Å². The van der Waals surface area contributed by atoms with Crippen LogP contribution in [0.3, 0.4) is 0 Å². The molecule has 0 atom stereocenters. The van der Waals surface area contributed by atoms with Crippen molar-refractivity contribution >= 4 is 49.8 Å². The maximum atomic E-state index is 6.36. The van der Waals surface area contributed by atoms with Crippen LogP contribution in [0.4, 0.5) is 17.1 Å². The highest BCUT2D eigenvalue weighted by Gasteiger charge is 2.46. The molecule has 0 bridgehead atoms. The van der Waals surface area contributed by atoms with E-state index in [1.807, 2.05) is 6.07 Å². The minimum atomic E-state index is -0.490. The first-order valence-electron chi connectivity index (χ1n) is 18.9. The summed E-state index contributed by atoms with van der Waals surface area (Å²) in [4.78, 5) is 2.40. The molecule has 1 heterocycles. The van der Waals surface area contributed by atoms with E-state index in [1.54, 1.807) is 0 Å². The molecule has 0 aliphatic heterocycles. The van der Waals surface area contributed by atoms with E-state index in [0.29, 0.717) is 0 Å². The number of hydrogen-bond acceptors (Lipinski definition) is 2. The van der Waals surface area contributed by atoms with E-state index in [0.717, 1.165) is 44.6 Å².